The number of rotatable bonds is 6. The van der Waals surface area contributed by atoms with Crippen molar-refractivity contribution in [2.45, 2.75) is 29.9 Å². The van der Waals surface area contributed by atoms with Gasteiger partial charge in [0.25, 0.3) is 5.97 Å². The van der Waals surface area contributed by atoms with Gasteiger partial charge in [0.05, 0.1) is 14.2 Å². The number of methoxy groups -OCH3 is 2. The summed E-state index contributed by atoms with van der Waals surface area (Å²) in [4.78, 5) is 21.8. The van der Waals surface area contributed by atoms with Crippen LogP contribution < -0.4 is 0 Å². The molecule has 0 aliphatic heterocycles. The van der Waals surface area contributed by atoms with E-state index in [-0.39, 0.29) is 22.6 Å². The Kier molecular flexibility index (Phi) is 7.47. The minimum absolute atomic E-state index is 0.118. The minimum Gasteiger partial charge on any atom is -0.469 e. The highest BCUT2D eigenvalue weighted by Gasteiger charge is 2.17. The van der Waals surface area contributed by atoms with E-state index in [4.69, 9.17) is 0 Å². The topological polar surface area (TPSA) is 52.6 Å². The first kappa shape index (κ1) is 14.5. The Hall–Kier alpha value is -0.515. The van der Waals surface area contributed by atoms with E-state index in [0.717, 1.165) is 6.42 Å². The van der Waals surface area contributed by atoms with Crippen molar-refractivity contribution in [3.63, 3.8) is 0 Å². The van der Waals surface area contributed by atoms with Crippen molar-refractivity contribution in [1.82, 2.24) is 0 Å². The zero-order chi connectivity index (χ0) is 11.8. The molecule has 15 heavy (non-hydrogen) atoms. The highest BCUT2D eigenvalue weighted by atomic mass is 79.9. The van der Waals surface area contributed by atoms with E-state index in [1.54, 1.807) is 0 Å². The smallest absolute Gasteiger partial charge is 0.319 e. The number of ether oxygens (including phenoxy) is 2. The lowest BCUT2D eigenvalue weighted by atomic mass is 9.83. The molecule has 0 aromatic rings. The SMILES string of the molecule is BC(CCCC(Br)C(=O)OC)C(=O)OC. The molecule has 2 atom stereocenters. The molecule has 2 unspecified atom stereocenters. The molecule has 0 saturated carbocycles. The van der Waals surface area contributed by atoms with E-state index >= 15 is 0 Å². The van der Waals surface area contributed by atoms with E-state index in [1.165, 1.54) is 14.2 Å². The van der Waals surface area contributed by atoms with E-state index in [9.17, 15) is 9.59 Å². The molecule has 86 valence electrons. The summed E-state index contributed by atoms with van der Waals surface area (Å²) in [6.07, 6.45) is 2.15. The summed E-state index contributed by atoms with van der Waals surface area (Å²) in [5, 5.41) is 0. The standard InChI is InChI=1S/C9H16BBrO4/c1-14-8(12)6(10)4-3-5-7(11)9(13)15-2/h6-7H,3-5,10H2,1-2H3. The molecule has 0 heterocycles. The quantitative estimate of drug-likeness (QED) is 0.408. The van der Waals surface area contributed by atoms with Crippen LogP contribution >= 0.6 is 15.9 Å². The molecule has 6 heteroatoms. The summed E-state index contributed by atoms with van der Waals surface area (Å²) in [6.45, 7) is 0. The lowest BCUT2D eigenvalue weighted by Gasteiger charge is -2.10. The highest BCUT2D eigenvalue weighted by molar-refractivity contribution is 9.10. The summed E-state index contributed by atoms with van der Waals surface area (Å²) in [7, 11) is 4.54. The van der Waals surface area contributed by atoms with Gasteiger partial charge in [0, 0.05) is 5.82 Å². The molecular formula is C9H16BBrO4. The van der Waals surface area contributed by atoms with Gasteiger partial charge in [-0.2, -0.15) is 0 Å². The molecule has 0 aromatic carbocycles. The Balaban J connectivity index is 3.70. The minimum atomic E-state index is -0.285. The van der Waals surface area contributed by atoms with Crippen molar-refractivity contribution in [3.8, 4) is 0 Å². The van der Waals surface area contributed by atoms with E-state index in [2.05, 4.69) is 25.4 Å². The fourth-order valence-electron chi connectivity index (χ4n) is 1.17. The molecule has 0 saturated heterocycles. The molecule has 0 aromatic heterocycles. The number of halogens is 1. The lowest BCUT2D eigenvalue weighted by Crippen LogP contribution is -2.16. The van der Waals surface area contributed by atoms with Gasteiger partial charge < -0.3 is 9.47 Å². The second-order valence-electron chi connectivity index (χ2n) is 3.35. The van der Waals surface area contributed by atoms with Crippen molar-refractivity contribution in [1.29, 1.82) is 0 Å². The second-order valence-corrected chi connectivity index (χ2v) is 4.45. The monoisotopic (exact) mass is 278 g/mol. The molecule has 0 fully saturated rings. The normalized spacial score (nSPS) is 14.1. The summed E-state index contributed by atoms with van der Waals surface area (Å²) >= 11 is 3.22. The molecule has 0 spiro atoms. The Morgan fingerprint density at radius 3 is 2.20 bits per heavy atom. The summed E-state index contributed by atoms with van der Waals surface area (Å²) < 4.78 is 9.16. The second kappa shape index (κ2) is 7.73. The zero-order valence-corrected chi connectivity index (χ0v) is 10.9. The maximum atomic E-state index is 11.1. The van der Waals surface area contributed by atoms with Gasteiger partial charge in [0.1, 0.15) is 12.7 Å². The van der Waals surface area contributed by atoms with Crippen LogP contribution in [-0.4, -0.2) is 38.8 Å². The lowest BCUT2D eigenvalue weighted by molar-refractivity contribution is -0.140. The van der Waals surface area contributed by atoms with Crippen LogP contribution in [0.2, 0.25) is 5.82 Å². The molecule has 4 nitrogen and oxygen atoms in total. The highest BCUT2D eigenvalue weighted by Crippen LogP contribution is 2.17. The van der Waals surface area contributed by atoms with Gasteiger partial charge in [-0.3, -0.25) is 9.59 Å². The van der Waals surface area contributed by atoms with Crippen LogP contribution in [-0.2, 0) is 19.1 Å². The van der Waals surface area contributed by atoms with Gasteiger partial charge in [-0.05, 0) is 12.8 Å². The third-order valence-electron chi connectivity index (χ3n) is 2.16. The third kappa shape index (κ3) is 5.82. The van der Waals surface area contributed by atoms with E-state index < -0.39 is 0 Å². The number of hydrogen-bond donors (Lipinski definition) is 0. The predicted octanol–water partition coefficient (Wildman–Crippen LogP) is 0.688. The summed E-state index contributed by atoms with van der Waals surface area (Å²) in [5.41, 5.74) is 0. The summed E-state index contributed by atoms with van der Waals surface area (Å²) in [5.74, 6) is -0.604. The Morgan fingerprint density at radius 1 is 1.20 bits per heavy atom. The number of carbonyl (C=O) groups is 2. The molecule has 0 rings (SSSR count). The van der Waals surface area contributed by atoms with Gasteiger partial charge in [-0.1, -0.05) is 22.4 Å². The molecule has 0 radical (unpaired) electrons. The number of hydrogen-bond acceptors (Lipinski definition) is 4. The Bertz CT molecular complexity index is 200. The van der Waals surface area contributed by atoms with Crippen LogP contribution in [0, 0.1) is 0 Å². The van der Waals surface area contributed by atoms with Gasteiger partial charge in [0.2, 0.25) is 0 Å². The Labute approximate surface area is 99.2 Å². The molecule has 0 aliphatic rings. The number of carbonyl (C=O) groups excluding carboxylic acids is 2. The third-order valence-corrected chi connectivity index (χ3v) is 2.99. The molecule has 0 bridgehead atoms. The fourth-order valence-corrected chi connectivity index (χ4v) is 1.68. The van der Waals surface area contributed by atoms with Gasteiger partial charge in [-0.15, -0.1) is 0 Å². The Morgan fingerprint density at radius 2 is 1.73 bits per heavy atom. The first-order chi connectivity index (χ1) is 7.02. The maximum absolute atomic E-state index is 11.1. The average molecular weight is 279 g/mol. The molecule has 0 N–H and O–H groups in total. The molecule has 0 amide bonds. The predicted molar refractivity (Wildman–Crippen MR) is 62.9 cm³/mol. The summed E-state index contributed by atoms with van der Waals surface area (Å²) in [6, 6.07) is 0. The zero-order valence-electron chi connectivity index (χ0n) is 9.29. The number of esters is 2. The largest absolute Gasteiger partial charge is 0.469 e. The average Bonchev–Trinajstić information content (AvgIpc) is 2.26. The fraction of sp³-hybridized carbons (Fsp3) is 0.778. The van der Waals surface area contributed by atoms with E-state index in [0.29, 0.717) is 12.8 Å². The van der Waals surface area contributed by atoms with Crippen LogP contribution in [0.5, 0.6) is 0 Å². The number of alkyl halides is 1. The van der Waals surface area contributed by atoms with Crippen LogP contribution in [0.15, 0.2) is 0 Å². The van der Waals surface area contributed by atoms with Crippen molar-refractivity contribution in [2.24, 2.45) is 0 Å². The first-order valence-corrected chi connectivity index (χ1v) is 5.74. The van der Waals surface area contributed by atoms with Gasteiger partial charge in [0.15, 0.2) is 0 Å². The van der Waals surface area contributed by atoms with Crippen LogP contribution in [0.25, 0.3) is 0 Å². The van der Waals surface area contributed by atoms with Crippen LogP contribution in [0.4, 0.5) is 0 Å². The van der Waals surface area contributed by atoms with Crippen molar-refractivity contribution >= 4 is 35.7 Å². The first-order valence-electron chi connectivity index (χ1n) is 4.82. The van der Waals surface area contributed by atoms with Crippen molar-refractivity contribution in [2.75, 3.05) is 14.2 Å². The van der Waals surface area contributed by atoms with Crippen molar-refractivity contribution < 1.29 is 19.1 Å². The van der Waals surface area contributed by atoms with Crippen molar-refractivity contribution in [3.05, 3.63) is 0 Å². The van der Waals surface area contributed by atoms with Crippen LogP contribution in [0.3, 0.4) is 0 Å². The van der Waals surface area contributed by atoms with Gasteiger partial charge in [-0.25, -0.2) is 0 Å². The molecule has 0 aliphatic carbocycles. The molecular weight excluding hydrogens is 263 g/mol. The maximum Gasteiger partial charge on any atom is 0.319 e. The van der Waals surface area contributed by atoms with E-state index in [1.807, 2.05) is 7.85 Å². The van der Waals surface area contributed by atoms with Gasteiger partial charge >= 0.3 is 5.97 Å². The van der Waals surface area contributed by atoms with Crippen LogP contribution in [0.1, 0.15) is 19.3 Å².